The predicted molar refractivity (Wildman–Crippen MR) is 53.0 cm³/mol. The Morgan fingerprint density at radius 3 is 3.00 bits per heavy atom. The fourth-order valence-electron chi connectivity index (χ4n) is 2.63. The monoisotopic (exact) mass is 162 g/mol. The second-order valence-corrected chi connectivity index (χ2v) is 3.99. The first-order chi connectivity index (χ1) is 5.92. The number of rotatable bonds is 0. The summed E-state index contributed by atoms with van der Waals surface area (Å²) in [7, 11) is 0. The van der Waals surface area contributed by atoms with Gasteiger partial charge < -0.3 is 0 Å². The van der Waals surface area contributed by atoms with E-state index in [2.05, 4.69) is 19.1 Å². The Labute approximate surface area is 75.4 Å². The molecule has 0 N–H and O–H groups in total. The van der Waals surface area contributed by atoms with E-state index < -0.39 is 0 Å². The molecule has 0 bridgehead atoms. The van der Waals surface area contributed by atoms with Crippen LogP contribution in [0.15, 0.2) is 23.3 Å². The summed E-state index contributed by atoms with van der Waals surface area (Å²) in [6, 6.07) is 0. The van der Waals surface area contributed by atoms with E-state index in [0.29, 0.717) is 0 Å². The lowest BCUT2D eigenvalue weighted by atomic mass is 9.75. The van der Waals surface area contributed by atoms with Gasteiger partial charge in [-0.3, -0.25) is 0 Å². The van der Waals surface area contributed by atoms with Gasteiger partial charge >= 0.3 is 0 Å². The van der Waals surface area contributed by atoms with Gasteiger partial charge in [-0.05, 0) is 62.5 Å². The van der Waals surface area contributed by atoms with Gasteiger partial charge in [-0.2, -0.15) is 0 Å². The summed E-state index contributed by atoms with van der Waals surface area (Å²) >= 11 is 0. The fourth-order valence-corrected chi connectivity index (χ4v) is 2.63. The quantitative estimate of drug-likeness (QED) is 0.507. The molecule has 0 heterocycles. The van der Waals surface area contributed by atoms with Gasteiger partial charge in [0.2, 0.25) is 0 Å². The molecule has 0 amide bonds. The average molecular weight is 162 g/mol. The molecule has 0 saturated heterocycles. The molecule has 2 aliphatic carbocycles. The lowest BCUT2D eigenvalue weighted by Crippen LogP contribution is -2.15. The van der Waals surface area contributed by atoms with Crippen molar-refractivity contribution in [2.75, 3.05) is 0 Å². The normalized spacial score (nSPS) is 32.9. The lowest BCUT2D eigenvalue weighted by Gasteiger charge is -2.30. The fraction of sp³-hybridized carbons (Fsp3) is 0.667. The Hall–Kier alpha value is -0.520. The third kappa shape index (κ3) is 1.35. The molecule has 1 atom stereocenters. The van der Waals surface area contributed by atoms with Crippen LogP contribution < -0.4 is 0 Å². The number of fused-ring (bicyclic) bond motifs is 1. The third-order valence-electron chi connectivity index (χ3n) is 3.28. The van der Waals surface area contributed by atoms with Gasteiger partial charge in [0.1, 0.15) is 0 Å². The summed E-state index contributed by atoms with van der Waals surface area (Å²) < 4.78 is 0. The van der Waals surface area contributed by atoms with Crippen molar-refractivity contribution in [3.8, 4) is 0 Å². The zero-order chi connectivity index (χ0) is 8.39. The Kier molecular flexibility index (Phi) is 2.34. The maximum absolute atomic E-state index is 2.49. The minimum absolute atomic E-state index is 0.929. The molecule has 0 radical (unpaired) electrons. The Balaban J connectivity index is 2.24. The van der Waals surface area contributed by atoms with Gasteiger partial charge in [-0.25, -0.2) is 0 Å². The molecule has 0 aromatic heterocycles. The van der Waals surface area contributed by atoms with Crippen molar-refractivity contribution in [2.24, 2.45) is 5.92 Å². The molecule has 0 aromatic rings. The SMILES string of the molecule is CC=C1CCCC2CCCC=C12. The lowest BCUT2D eigenvalue weighted by molar-refractivity contribution is 0.439. The van der Waals surface area contributed by atoms with Crippen molar-refractivity contribution in [1.29, 1.82) is 0 Å². The zero-order valence-electron chi connectivity index (χ0n) is 7.97. The second-order valence-electron chi connectivity index (χ2n) is 3.99. The molecular formula is C12H18. The van der Waals surface area contributed by atoms with Crippen LogP contribution in [0.1, 0.15) is 45.4 Å². The molecule has 2 aliphatic rings. The van der Waals surface area contributed by atoms with E-state index >= 15 is 0 Å². The largest absolute Gasteiger partial charge is 0.0842 e. The molecule has 1 fully saturated rings. The highest BCUT2D eigenvalue weighted by molar-refractivity contribution is 5.35. The molecule has 1 unspecified atom stereocenters. The number of hydrogen-bond acceptors (Lipinski definition) is 0. The van der Waals surface area contributed by atoms with Crippen LogP contribution in [-0.2, 0) is 0 Å². The summed E-state index contributed by atoms with van der Waals surface area (Å²) in [5, 5.41) is 0. The van der Waals surface area contributed by atoms with E-state index in [4.69, 9.17) is 0 Å². The maximum Gasteiger partial charge on any atom is -0.0162 e. The van der Waals surface area contributed by atoms with Crippen LogP contribution in [0.3, 0.4) is 0 Å². The summed E-state index contributed by atoms with van der Waals surface area (Å²) in [6.07, 6.45) is 13.2. The second kappa shape index (κ2) is 3.47. The van der Waals surface area contributed by atoms with Gasteiger partial charge in [0.05, 0.1) is 0 Å². The van der Waals surface area contributed by atoms with E-state index in [9.17, 15) is 0 Å². The van der Waals surface area contributed by atoms with Crippen molar-refractivity contribution in [3.63, 3.8) is 0 Å². The van der Waals surface area contributed by atoms with E-state index in [1.807, 2.05) is 0 Å². The van der Waals surface area contributed by atoms with Crippen LogP contribution in [0.5, 0.6) is 0 Å². The number of allylic oxidation sites excluding steroid dienone is 4. The first kappa shape index (κ1) is 8.10. The molecule has 66 valence electrons. The topological polar surface area (TPSA) is 0 Å². The maximum atomic E-state index is 2.49. The Morgan fingerprint density at radius 2 is 2.17 bits per heavy atom. The average Bonchev–Trinajstić information content (AvgIpc) is 2.17. The molecule has 0 nitrogen and oxygen atoms in total. The molecule has 1 saturated carbocycles. The van der Waals surface area contributed by atoms with Crippen molar-refractivity contribution in [3.05, 3.63) is 23.3 Å². The van der Waals surface area contributed by atoms with Gasteiger partial charge in [0.25, 0.3) is 0 Å². The Morgan fingerprint density at radius 1 is 1.33 bits per heavy atom. The Bertz CT molecular complexity index is 220. The van der Waals surface area contributed by atoms with Gasteiger partial charge in [-0.1, -0.05) is 12.2 Å². The molecule has 0 spiro atoms. The van der Waals surface area contributed by atoms with Crippen molar-refractivity contribution in [2.45, 2.75) is 45.4 Å². The van der Waals surface area contributed by atoms with Crippen LogP contribution in [0, 0.1) is 5.92 Å². The third-order valence-corrected chi connectivity index (χ3v) is 3.28. The molecular weight excluding hydrogens is 144 g/mol. The molecule has 0 aromatic carbocycles. The molecule has 2 rings (SSSR count). The van der Waals surface area contributed by atoms with E-state index in [1.54, 1.807) is 11.1 Å². The molecule has 0 heteroatoms. The van der Waals surface area contributed by atoms with Gasteiger partial charge in [0, 0.05) is 0 Å². The minimum Gasteiger partial charge on any atom is -0.0842 e. The highest BCUT2D eigenvalue weighted by Gasteiger charge is 2.23. The van der Waals surface area contributed by atoms with Crippen LogP contribution in [-0.4, -0.2) is 0 Å². The van der Waals surface area contributed by atoms with Crippen molar-refractivity contribution >= 4 is 0 Å². The van der Waals surface area contributed by atoms with E-state index in [-0.39, 0.29) is 0 Å². The van der Waals surface area contributed by atoms with Gasteiger partial charge in [-0.15, -0.1) is 0 Å². The summed E-state index contributed by atoms with van der Waals surface area (Å²) in [4.78, 5) is 0. The predicted octanol–water partition coefficient (Wildman–Crippen LogP) is 3.84. The summed E-state index contributed by atoms with van der Waals surface area (Å²) in [5.41, 5.74) is 3.35. The first-order valence-electron chi connectivity index (χ1n) is 5.27. The highest BCUT2D eigenvalue weighted by Crippen LogP contribution is 2.39. The van der Waals surface area contributed by atoms with Crippen LogP contribution in [0.4, 0.5) is 0 Å². The molecule has 12 heavy (non-hydrogen) atoms. The van der Waals surface area contributed by atoms with Crippen molar-refractivity contribution in [1.82, 2.24) is 0 Å². The van der Waals surface area contributed by atoms with Crippen LogP contribution in [0.2, 0.25) is 0 Å². The summed E-state index contributed by atoms with van der Waals surface area (Å²) in [6.45, 7) is 2.19. The number of hydrogen-bond donors (Lipinski definition) is 0. The molecule has 0 aliphatic heterocycles. The minimum atomic E-state index is 0.929. The summed E-state index contributed by atoms with van der Waals surface area (Å²) in [5.74, 6) is 0.929. The van der Waals surface area contributed by atoms with E-state index in [0.717, 1.165) is 5.92 Å². The van der Waals surface area contributed by atoms with Crippen LogP contribution >= 0.6 is 0 Å². The first-order valence-corrected chi connectivity index (χ1v) is 5.27. The van der Waals surface area contributed by atoms with E-state index in [1.165, 1.54) is 38.5 Å². The van der Waals surface area contributed by atoms with Crippen LogP contribution in [0.25, 0.3) is 0 Å². The standard InChI is InChI=1S/C12H18/c1-2-10-7-5-8-11-6-3-4-9-12(10)11/h2,9,11H,3-8H2,1H3. The zero-order valence-corrected chi connectivity index (χ0v) is 7.97. The smallest absolute Gasteiger partial charge is 0.0162 e. The van der Waals surface area contributed by atoms with Gasteiger partial charge in [0.15, 0.2) is 0 Å². The highest BCUT2D eigenvalue weighted by atomic mass is 14.3. The van der Waals surface area contributed by atoms with Crippen molar-refractivity contribution < 1.29 is 0 Å².